The molecule has 20 heavy (non-hydrogen) atoms. The van der Waals surface area contributed by atoms with Gasteiger partial charge in [-0.3, -0.25) is 4.90 Å². The molecule has 2 atom stereocenters. The summed E-state index contributed by atoms with van der Waals surface area (Å²) in [6, 6.07) is 12.0. The summed E-state index contributed by atoms with van der Waals surface area (Å²) in [5, 5.41) is 3.74. The number of hydrogen-bond acceptors (Lipinski definition) is 2. The SMILES string of the molecule is C=CCN1CC(Cc2ccccc2)NCC1CC(C)C. The van der Waals surface area contributed by atoms with Gasteiger partial charge in [-0.25, -0.2) is 0 Å². The minimum absolute atomic E-state index is 0.556. The first-order valence-corrected chi connectivity index (χ1v) is 7.81. The van der Waals surface area contributed by atoms with Gasteiger partial charge in [0.25, 0.3) is 0 Å². The van der Waals surface area contributed by atoms with Crippen LogP contribution < -0.4 is 5.32 Å². The number of benzene rings is 1. The Bertz CT molecular complexity index is 399. The third-order valence-electron chi connectivity index (χ3n) is 4.05. The second-order valence-electron chi connectivity index (χ2n) is 6.32. The fourth-order valence-electron chi connectivity index (χ4n) is 3.13. The Morgan fingerprint density at radius 2 is 2.10 bits per heavy atom. The van der Waals surface area contributed by atoms with Gasteiger partial charge in [-0.1, -0.05) is 50.3 Å². The minimum Gasteiger partial charge on any atom is -0.311 e. The average Bonchev–Trinajstić information content (AvgIpc) is 2.43. The van der Waals surface area contributed by atoms with E-state index in [9.17, 15) is 0 Å². The summed E-state index contributed by atoms with van der Waals surface area (Å²) >= 11 is 0. The van der Waals surface area contributed by atoms with Gasteiger partial charge in [0.1, 0.15) is 0 Å². The average molecular weight is 272 g/mol. The van der Waals surface area contributed by atoms with Crippen molar-refractivity contribution in [3.8, 4) is 0 Å². The predicted octanol–water partition coefficient (Wildman–Crippen LogP) is 3.10. The first kappa shape index (κ1) is 15.3. The molecule has 2 heteroatoms. The van der Waals surface area contributed by atoms with Crippen LogP contribution in [-0.2, 0) is 6.42 Å². The van der Waals surface area contributed by atoms with Crippen LogP contribution in [0.1, 0.15) is 25.8 Å². The highest BCUT2D eigenvalue weighted by molar-refractivity contribution is 5.16. The van der Waals surface area contributed by atoms with Gasteiger partial charge in [0.05, 0.1) is 0 Å². The van der Waals surface area contributed by atoms with Crippen LogP contribution >= 0.6 is 0 Å². The fourth-order valence-corrected chi connectivity index (χ4v) is 3.13. The summed E-state index contributed by atoms with van der Waals surface area (Å²) in [5.74, 6) is 0.750. The fraction of sp³-hybridized carbons (Fsp3) is 0.556. The predicted molar refractivity (Wildman–Crippen MR) is 86.9 cm³/mol. The van der Waals surface area contributed by atoms with E-state index in [1.54, 1.807) is 0 Å². The molecule has 0 aromatic heterocycles. The molecule has 1 heterocycles. The lowest BCUT2D eigenvalue weighted by molar-refractivity contribution is 0.127. The van der Waals surface area contributed by atoms with Crippen molar-refractivity contribution in [1.29, 1.82) is 0 Å². The molecule has 0 spiro atoms. The molecule has 0 radical (unpaired) electrons. The highest BCUT2D eigenvalue weighted by Gasteiger charge is 2.27. The smallest absolute Gasteiger partial charge is 0.0236 e. The maximum Gasteiger partial charge on any atom is 0.0236 e. The van der Waals surface area contributed by atoms with Crippen molar-refractivity contribution in [2.75, 3.05) is 19.6 Å². The first-order chi connectivity index (χ1) is 9.69. The third-order valence-corrected chi connectivity index (χ3v) is 4.05. The normalized spacial score (nSPS) is 23.9. The molecule has 0 aliphatic carbocycles. The number of nitrogens with one attached hydrogen (secondary N) is 1. The molecule has 1 aliphatic rings. The van der Waals surface area contributed by atoms with E-state index >= 15 is 0 Å². The van der Waals surface area contributed by atoms with Crippen LogP contribution in [0, 0.1) is 5.92 Å². The Labute approximate surface area is 123 Å². The van der Waals surface area contributed by atoms with E-state index in [2.05, 4.69) is 61.0 Å². The summed E-state index contributed by atoms with van der Waals surface area (Å²) in [4.78, 5) is 2.59. The van der Waals surface area contributed by atoms with Crippen molar-refractivity contribution in [2.24, 2.45) is 5.92 Å². The molecule has 0 amide bonds. The molecule has 1 saturated heterocycles. The van der Waals surface area contributed by atoms with Crippen LogP contribution in [0.15, 0.2) is 43.0 Å². The quantitative estimate of drug-likeness (QED) is 0.801. The van der Waals surface area contributed by atoms with Crippen LogP contribution in [0.3, 0.4) is 0 Å². The largest absolute Gasteiger partial charge is 0.311 e. The monoisotopic (exact) mass is 272 g/mol. The van der Waals surface area contributed by atoms with E-state index in [-0.39, 0.29) is 0 Å². The van der Waals surface area contributed by atoms with Gasteiger partial charge in [-0.15, -0.1) is 6.58 Å². The molecule has 1 aromatic rings. The van der Waals surface area contributed by atoms with Crippen LogP contribution in [-0.4, -0.2) is 36.6 Å². The Balaban J connectivity index is 1.93. The highest BCUT2D eigenvalue weighted by Crippen LogP contribution is 2.17. The second-order valence-corrected chi connectivity index (χ2v) is 6.32. The maximum absolute atomic E-state index is 3.92. The standard InChI is InChI=1S/C18H28N2/c1-4-10-20-14-17(12-16-8-6-5-7-9-16)19-13-18(20)11-15(2)3/h4-9,15,17-19H,1,10-14H2,2-3H3. The highest BCUT2D eigenvalue weighted by atomic mass is 15.2. The van der Waals surface area contributed by atoms with Gasteiger partial charge in [0.15, 0.2) is 0 Å². The molecule has 0 bridgehead atoms. The summed E-state index contributed by atoms with van der Waals surface area (Å²) < 4.78 is 0. The van der Waals surface area contributed by atoms with Crippen LogP contribution in [0.25, 0.3) is 0 Å². The summed E-state index contributed by atoms with van der Waals surface area (Å²) in [5.41, 5.74) is 1.42. The van der Waals surface area contributed by atoms with Gasteiger partial charge >= 0.3 is 0 Å². The molecular weight excluding hydrogens is 244 g/mol. The molecule has 2 rings (SSSR count). The summed E-state index contributed by atoms with van der Waals surface area (Å²) in [6.07, 6.45) is 4.42. The Hall–Kier alpha value is -1.12. The Kier molecular flexibility index (Phi) is 5.81. The van der Waals surface area contributed by atoms with Gasteiger partial charge in [-0.05, 0) is 24.3 Å². The molecule has 0 saturated carbocycles. The lowest BCUT2D eigenvalue weighted by atomic mass is 9.96. The summed E-state index contributed by atoms with van der Waals surface area (Å²) in [6.45, 7) is 11.8. The van der Waals surface area contributed by atoms with Crippen molar-refractivity contribution < 1.29 is 0 Å². The molecule has 2 nitrogen and oxygen atoms in total. The third kappa shape index (κ3) is 4.46. The first-order valence-electron chi connectivity index (χ1n) is 7.81. The van der Waals surface area contributed by atoms with E-state index in [0.29, 0.717) is 12.1 Å². The maximum atomic E-state index is 3.92. The lowest BCUT2D eigenvalue weighted by Gasteiger charge is -2.41. The zero-order chi connectivity index (χ0) is 14.4. The molecule has 1 aromatic carbocycles. The zero-order valence-electron chi connectivity index (χ0n) is 12.9. The molecule has 1 fully saturated rings. The minimum atomic E-state index is 0.556. The molecule has 1 N–H and O–H groups in total. The van der Waals surface area contributed by atoms with Crippen molar-refractivity contribution in [3.63, 3.8) is 0 Å². The topological polar surface area (TPSA) is 15.3 Å². The lowest BCUT2D eigenvalue weighted by Crippen LogP contribution is -2.57. The van der Waals surface area contributed by atoms with Crippen LogP contribution in [0.5, 0.6) is 0 Å². The van der Waals surface area contributed by atoms with Crippen LogP contribution in [0.4, 0.5) is 0 Å². The molecule has 2 unspecified atom stereocenters. The molecule has 110 valence electrons. The second kappa shape index (κ2) is 7.61. The van der Waals surface area contributed by atoms with Crippen LogP contribution in [0.2, 0.25) is 0 Å². The number of rotatable bonds is 6. The Morgan fingerprint density at radius 1 is 1.35 bits per heavy atom. The van der Waals surface area contributed by atoms with Gasteiger partial charge in [-0.2, -0.15) is 0 Å². The molecular formula is C18H28N2. The number of hydrogen-bond donors (Lipinski definition) is 1. The van der Waals surface area contributed by atoms with E-state index in [1.807, 2.05) is 6.08 Å². The van der Waals surface area contributed by atoms with E-state index in [4.69, 9.17) is 0 Å². The summed E-state index contributed by atoms with van der Waals surface area (Å²) in [7, 11) is 0. The van der Waals surface area contributed by atoms with Gasteiger partial charge < -0.3 is 5.32 Å². The van der Waals surface area contributed by atoms with E-state index < -0.39 is 0 Å². The number of nitrogens with zero attached hydrogens (tertiary/aromatic N) is 1. The van der Waals surface area contributed by atoms with E-state index in [0.717, 1.165) is 32.0 Å². The van der Waals surface area contributed by atoms with Crippen molar-refractivity contribution in [2.45, 2.75) is 38.8 Å². The van der Waals surface area contributed by atoms with E-state index in [1.165, 1.54) is 12.0 Å². The van der Waals surface area contributed by atoms with Gasteiger partial charge in [0.2, 0.25) is 0 Å². The van der Waals surface area contributed by atoms with Crippen molar-refractivity contribution in [1.82, 2.24) is 10.2 Å². The van der Waals surface area contributed by atoms with Gasteiger partial charge in [0, 0.05) is 31.7 Å². The zero-order valence-corrected chi connectivity index (χ0v) is 12.9. The molecule has 1 aliphatic heterocycles. The van der Waals surface area contributed by atoms with Crippen molar-refractivity contribution >= 4 is 0 Å². The Morgan fingerprint density at radius 3 is 2.75 bits per heavy atom. The number of piperazine rings is 1. The van der Waals surface area contributed by atoms with Crippen molar-refractivity contribution in [3.05, 3.63) is 48.6 Å².